The largest absolute Gasteiger partial charge is 0.480 e. The van der Waals surface area contributed by atoms with Crippen LogP contribution in [0.1, 0.15) is 38.8 Å². The lowest BCUT2D eigenvalue weighted by Crippen LogP contribution is -2.46. The molecule has 0 N–H and O–H groups in total. The van der Waals surface area contributed by atoms with Gasteiger partial charge in [0.25, 0.3) is 0 Å². The SMILES string of the molecule is Cc1ccc(S(=O)(=O)CC(I)(B2OC(C)(C)C(C)(C)O2)c2ccccc2)cc1. The number of hydrogen-bond donors (Lipinski definition) is 0. The van der Waals surface area contributed by atoms with E-state index in [-0.39, 0.29) is 5.75 Å². The molecular formula is C21H26BIO4S. The van der Waals surface area contributed by atoms with E-state index >= 15 is 0 Å². The number of rotatable bonds is 5. The minimum Gasteiger partial charge on any atom is -0.402 e. The van der Waals surface area contributed by atoms with Crippen LogP contribution in [0, 0.1) is 6.92 Å². The third-order valence-corrected chi connectivity index (χ3v) is 9.52. The molecule has 0 spiro atoms. The van der Waals surface area contributed by atoms with Crippen molar-refractivity contribution in [2.45, 2.75) is 54.0 Å². The predicted molar refractivity (Wildman–Crippen MR) is 121 cm³/mol. The Morgan fingerprint density at radius 2 is 1.43 bits per heavy atom. The van der Waals surface area contributed by atoms with Gasteiger partial charge in [0.15, 0.2) is 9.84 Å². The van der Waals surface area contributed by atoms with Gasteiger partial charge in [0, 0.05) is 0 Å². The lowest BCUT2D eigenvalue weighted by molar-refractivity contribution is 0.00578. The highest BCUT2D eigenvalue weighted by molar-refractivity contribution is 14.1. The Hall–Kier alpha value is -0.895. The molecule has 1 fully saturated rings. The first-order valence-corrected chi connectivity index (χ1v) is 12.0. The summed E-state index contributed by atoms with van der Waals surface area (Å²) >= 11 is 2.21. The molecule has 28 heavy (non-hydrogen) atoms. The van der Waals surface area contributed by atoms with Crippen LogP contribution in [-0.4, -0.2) is 32.5 Å². The van der Waals surface area contributed by atoms with Gasteiger partial charge in [-0.1, -0.05) is 70.6 Å². The van der Waals surface area contributed by atoms with Gasteiger partial charge in [0.05, 0.1) is 25.2 Å². The topological polar surface area (TPSA) is 52.6 Å². The summed E-state index contributed by atoms with van der Waals surface area (Å²) in [5.74, 6) is -0.121. The van der Waals surface area contributed by atoms with Crippen LogP contribution in [0.3, 0.4) is 0 Å². The van der Waals surface area contributed by atoms with Crippen molar-refractivity contribution in [1.29, 1.82) is 0 Å². The fourth-order valence-electron chi connectivity index (χ4n) is 3.14. The smallest absolute Gasteiger partial charge is 0.402 e. The Kier molecular flexibility index (Phi) is 5.77. The minimum atomic E-state index is -3.56. The van der Waals surface area contributed by atoms with Crippen LogP contribution in [0.5, 0.6) is 0 Å². The maximum atomic E-state index is 13.3. The van der Waals surface area contributed by atoms with E-state index in [1.165, 1.54) is 0 Å². The summed E-state index contributed by atoms with van der Waals surface area (Å²) in [6, 6.07) is 16.6. The molecule has 7 heteroatoms. The Morgan fingerprint density at radius 3 is 1.93 bits per heavy atom. The van der Waals surface area contributed by atoms with Gasteiger partial charge >= 0.3 is 7.12 Å². The molecule has 1 heterocycles. The van der Waals surface area contributed by atoms with Gasteiger partial charge in [0.2, 0.25) is 0 Å². The van der Waals surface area contributed by atoms with Gasteiger partial charge in [-0.2, -0.15) is 0 Å². The number of aryl methyl sites for hydroxylation is 1. The molecule has 0 aliphatic carbocycles. The van der Waals surface area contributed by atoms with Crippen LogP contribution in [0.4, 0.5) is 0 Å². The molecule has 0 aromatic heterocycles. The average molecular weight is 512 g/mol. The number of benzene rings is 2. The Labute approximate surface area is 182 Å². The van der Waals surface area contributed by atoms with Crippen LogP contribution < -0.4 is 0 Å². The number of halogens is 1. The standard InChI is InChI=1S/C21H26BIO4S/c1-16-11-13-18(14-12-16)28(24,25)15-21(23,17-9-7-6-8-10-17)22-26-19(2,3)20(4,5)27-22/h6-14H,15H2,1-5H3. The van der Waals surface area contributed by atoms with Gasteiger partial charge in [-0.05, 0) is 52.3 Å². The summed E-state index contributed by atoms with van der Waals surface area (Å²) in [5.41, 5.74) is 0.797. The predicted octanol–water partition coefficient (Wildman–Crippen LogP) is 4.73. The van der Waals surface area contributed by atoms with Crippen molar-refractivity contribution in [3.8, 4) is 0 Å². The van der Waals surface area contributed by atoms with Gasteiger partial charge < -0.3 is 9.31 Å². The molecule has 0 bridgehead atoms. The zero-order valence-corrected chi connectivity index (χ0v) is 19.9. The summed E-state index contributed by atoms with van der Waals surface area (Å²) in [6.45, 7) is 9.84. The summed E-state index contributed by atoms with van der Waals surface area (Å²) in [6.07, 6.45) is 0. The fraction of sp³-hybridized carbons (Fsp3) is 0.429. The average Bonchev–Trinajstić information content (AvgIpc) is 2.84. The molecule has 1 aliphatic heterocycles. The van der Waals surface area contributed by atoms with E-state index < -0.39 is 31.5 Å². The van der Waals surface area contributed by atoms with Crippen LogP contribution in [0.2, 0.25) is 0 Å². The molecule has 1 aliphatic rings. The molecule has 150 valence electrons. The molecule has 0 saturated carbocycles. The molecule has 2 aromatic rings. The first kappa shape index (κ1) is 21.8. The zero-order valence-electron chi connectivity index (χ0n) is 16.9. The van der Waals surface area contributed by atoms with Crippen molar-refractivity contribution in [3.05, 3.63) is 65.7 Å². The monoisotopic (exact) mass is 512 g/mol. The van der Waals surface area contributed by atoms with Crippen molar-refractivity contribution >= 4 is 39.5 Å². The number of hydrogen-bond acceptors (Lipinski definition) is 4. The molecular weight excluding hydrogens is 486 g/mol. The maximum Gasteiger partial charge on any atom is 0.480 e. The van der Waals surface area contributed by atoms with Gasteiger partial charge in [0.1, 0.15) is 0 Å². The number of sulfone groups is 1. The molecule has 2 aromatic carbocycles. The Bertz CT molecular complexity index is 926. The van der Waals surface area contributed by atoms with Gasteiger partial charge in [-0.3, -0.25) is 0 Å². The molecule has 0 amide bonds. The third kappa shape index (κ3) is 4.04. The van der Waals surface area contributed by atoms with Crippen molar-refractivity contribution in [3.63, 3.8) is 0 Å². The van der Waals surface area contributed by atoms with E-state index in [1.54, 1.807) is 12.1 Å². The maximum absolute atomic E-state index is 13.3. The van der Waals surface area contributed by atoms with Crippen LogP contribution in [0.25, 0.3) is 0 Å². The minimum absolute atomic E-state index is 0.121. The second-order valence-electron chi connectivity index (χ2n) is 8.39. The van der Waals surface area contributed by atoms with Crippen molar-refractivity contribution < 1.29 is 17.7 Å². The first-order valence-electron chi connectivity index (χ1n) is 9.27. The van der Waals surface area contributed by atoms with E-state index in [9.17, 15) is 8.42 Å². The summed E-state index contributed by atoms with van der Waals surface area (Å²) in [4.78, 5) is 0.312. The van der Waals surface area contributed by atoms with E-state index in [4.69, 9.17) is 9.31 Å². The van der Waals surface area contributed by atoms with Gasteiger partial charge in [-0.15, -0.1) is 0 Å². The quantitative estimate of drug-likeness (QED) is 0.331. The highest BCUT2D eigenvalue weighted by Crippen LogP contribution is 2.47. The molecule has 1 saturated heterocycles. The highest BCUT2D eigenvalue weighted by Gasteiger charge is 2.60. The van der Waals surface area contributed by atoms with E-state index in [1.807, 2.05) is 77.1 Å². The van der Waals surface area contributed by atoms with E-state index in [0.717, 1.165) is 11.1 Å². The highest BCUT2D eigenvalue weighted by atomic mass is 127. The first-order chi connectivity index (χ1) is 12.9. The molecule has 3 rings (SSSR count). The fourth-order valence-corrected chi connectivity index (χ4v) is 6.56. The Balaban J connectivity index is 2.05. The van der Waals surface area contributed by atoms with Crippen LogP contribution in [-0.2, 0) is 22.5 Å². The molecule has 4 nitrogen and oxygen atoms in total. The lowest BCUT2D eigenvalue weighted by atomic mass is 9.69. The molecule has 0 radical (unpaired) electrons. The van der Waals surface area contributed by atoms with Gasteiger partial charge in [-0.25, -0.2) is 8.42 Å². The molecule has 1 atom stereocenters. The Morgan fingerprint density at radius 1 is 0.929 bits per heavy atom. The van der Waals surface area contributed by atoms with Crippen molar-refractivity contribution in [2.75, 3.05) is 5.75 Å². The van der Waals surface area contributed by atoms with Crippen LogP contribution in [0.15, 0.2) is 59.5 Å². The second kappa shape index (κ2) is 7.41. The summed E-state index contributed by atoms with van der Waals surface area (Å²) in [7, 11) is -4.26. The zero-order chi connectivity index (χ0) is 20.8. The lowest BCUT2D eigenvalue weighted by Gasteiger charge is -2.32. The summed E-state index contributed by atoms with van der Waals surface area (Å²) < 4.78 is 38.3. The third-order valence-electron chi connectivity index (χ3n) is 5.66. The normalized spacial score (nSPS) is 20.7. The van der Waals surface area contributed by atoms with Crippen LogP contribution >= 0.6 is 22.6 Å². The van der Waals surface area contributed by atoms with E-state index in [2.05, 4.69) is 22.6 Å². The summed E-state index contributed by atoms with van der Waals surface area (Å²) in [5, 5.41) is 0. The van der Waals surface area contributed by atoms with E-state index in [0.29, 0.717) is 4.90 Å². The van der Waals surface area contributed by atoms with Crippen molar-refractivity contribution in [1.82, 2.24) is 0 Å². The second-order valence-corrected chi connectivity index (χ2v) is 12.3. The number of alkyl halides is 1. The molecule has 1 unspecified atom stereocenters. The van der Waals surface area contributed by atoms with Crippen molar-refractivity contribution in [2.24, 2.45) is 0 Å².